The quantitative estimate of drug-likeness (QED) is 0.588. The van der Waals surface area contributed by atoms with E-state index in [9.17, 15) is 18.8 Å². The van der Waals surface area contributed by atoms with E-state index in [1.54, 1.807) is 12.1 Å². The van der Waals surface area contributed by atoms with Crippen molar-refractivity contribution in [1.29, 1.82) is 0 Å². The van der Waals surface area contributed by atoms with Crippen molar-refractivity contribution in [3.05, 3.63) is 56.5 Å². The fraction of sp³-hybridized carbons (Fsp3) is 0.235. The molecular weight excluding hydrogens is 369 g/mol. The van der Waals surface area contributed by atoms with E-state index in [4.69, 9.17) is 16.3 Å². The van der Waals surface area contributed by atoms with Gasteiger partial charge in [-0.05, 0) is 36.8 Å². The minimum absolute atomic E-state index is 0.00181. The third kappa shape index (κ3) is 5.65. The molecule has 0 aliphatic heterocycles. The van der Waals surface area contributed by atoms with Gasteiger partial charge in [0.25, 0.3) is 0 Å². The van der Waals surface area contributed by atoms with Crippen LogP contribution in [0.15, 0.2) is 30.3 Å². The Hall–Kier alpha value is -2.25. The van der Waals surface area contributed by atoms with Gasteiger partial charge >= 0.3 is 5.97 Å². The Morgan fingerprint density at radius 1 is 1.24 bits per heavy atom. The molecule has 2 rings (SSSR count). The van der Waals surface area contributed by atoms with Gasteiger partial charge in [0.05, 0.1) is 15.5 Å². The number of carbonyl (C=O) groups excluding carboxylic acids is 3. The van der Waals surface area contributed by atoms with Crippen molar-refractivity contribution in [2.75, 3.05) is 13.2 Å². The van der Waals surface area contributed by atoms with Gasteiger partial charge in [-0.2, -0.15) is 0 Å². The normalized spacial score (nSPS) is 10.4. The molecular formula is C17H15ClFNO4S. The van der Waals surface area contributed by atoms with Gasteiger partial charge in [0, 0.05) is 18.3 Å². The number of benzene rings is 1. The van der Waals surface area contributed by atoms with Crippen molar-refractivity contribution in [2.24, 2.45) is 0 Å². The number of Topliss-reactive ketones (excluding diaryl/α,β-unsaturated/α-hetero) is 1. The van der Waals surface area contributed by atoms with E-state index in [1.807, 2.05) is 0 Å². The lowest BCUT2D eigenvalue weighted by atomic mass is 10.2. The van der Waals surface area contributed by atoms with Crippen LogP contribution in [0.25, 0.3) is 0 Å². The van der Waals surface area contributed by atoms with E-state index >= 15 is 0 Å². The molecule has 0 atom stereocenters. The van der Waals surface area contributed by atoms with Crippen LogP contribution >= 0.6 is 22.9 Å². The molecule has 0 aliphatic rings. The lowest BCUT2D eigenvalue weighted by Gasteiger charge is -2.05. The summed E-state index contributed by atoms with van der Waals surface area (Å²) < 4.78 is 17.9. The summed E-state index contributed by atoms with van der Waals surface area (Å²) in [5, 5.41) is 2.60. The van der Waals surface area contributed by atoms with Gasteiger partial charge in [0.1, 0.15) is 5.82 Å². The predicted molar refractivity (Wildman–Crippen MR) is 92.7 cm³/mol. The third-order valence-corrected chi connectivity index (χ3v) is 4.67. The molecule has 1 N–H and O–H groups in total. The Balaban J connectivity index is 1.88. The van der Waals surface area contributed by atoms with E-state index < -0.39 is 18.4 Å². The molecule has 0 aliphatic carbocycles. The van der Waals surface area contributed by atoms with Crippen molar-refractivity contribution < 1.29 is 23.5 Å². The zero-order chi connectivity index (χ0) is 18.4. The maximum absolute atomic E-state index is 13.0. The standard InChI is InChI=1S/C17H15ClFNO4S/c1-10(21)20-7-6-12-3-5-16(25-12)15(22)9-24-17(23)13-4-2-11(19)8-14(13)18/h2-5,8H,6-7,9H2,1H3,(H,20,21). The highest BCUT2D eigenvalue weighted by Gasteiger charge is 2.16. The fourth-order valence-corrected chi connectivity index (χ4v) is 3.13. The summed E-state index contributed by atoms with van der Waals surface area (Å²) in [6.07, 6.45) is 0.614. The number of hydrogen-bond donors (Lipinski definition) is 1. The van der Waals surface area contributed by atoms with Gasteiger partial charge in [-0.3, -0.25) is 9.59 Å². The van der Waals surface area contributed by atoms with Gasteiger partial charge < -0.3 is 10.1 Å². The summed E-state index contributed by atoms with van der Waals surface area (Å²) in [4.78, 5) is 36.2. The topological polar surface area (TPSA) is 72.5 Å². The summed E-state index contributed by atoms with van der Waals surface area (Å²) in [6, 6.07) is 6.73. The van der Waals surface area contributed by atoms with Crippen LogP contribution in [0.3, 0.4) is 0 Å². The monoisotopic (exact) mass is 383 g/mol. The van der Waals surface area contributed by atoms with Crippen LogP contribution in [0.1, 0.15) is 31.8 Å². The highest BCUT2D eigenvalue weighted by Crippen LogP contribution is 2.20. The van der Waals surface area contributed by atoms with Gasteiger partial charge in [0.15, 0.2) is 6.61 Å². The lowest BCUT2D eigenvalue weighted by molar-refractivity contribution is -0.118. The van der Waals surface area contributed by atoms with E-state index in [0.29, 0.717) is 17.8 Å². The van der Waals surface area contributed by atoms with Gasteiger partial charge in [-0.25, -0.2) is 9.18 Å². The molecule has 1 aromatic heterocycles. The van der Waals surface area contributed by atoms with Crippen molar-refractivity contribution in [3.63, 3.8) is 0 Å². The van der Waals surface area contributed by atoms with Crippen LogP contribution < -0.4 is 5.32 Å². The number of thiophene rings is 1. The number of hydrogen-bond acceptors (Lipinski definition) is 5. The number of amides is 1. The molecule has 1 amide bonds. The van der Waals surface area contributed by atoms with Crippen LogP contribution in [0.2, 0.25) is 5.02 Å². The zero-order valence-electron chi connectivity index (χ0n) is 13.3. The van der Waals surface area contributed by atoms with E-state index in [-0.39, 0.29) is 22.3 Å². The molecule has 8 heteroatoms. The Labute approximate surface area is 152 Å². The summed E-state index contributed by atoms with van der Waals surface area (Å²) in [6.45, 7) is 1.49. The largest absolute Gasteiger partial charge is 0.454 e. The number of nitrogens with one attached hydrogen (secondary N) is 1. The maximum Gasteiger partial charge on any atom is 0.340 e. The average Bonchev–Trinajstić information content (AvgIpc) is 3.01. The van der Waals surface area contributed by atoms with Crippen LogP contribution in [0, 0.1) is 5.82 Å². The lowest BCUT2D eigenvalue weighted by Crippen LogP contribution is -2.22. The van der Waals surface area contributed by atoms with E-state index in [2.05, 4.69) is 5.32 Å². The molecule has 132 valence electrons. The Morgan fingerprint density at radius 2 is 2.00 bits per heavy atom. The molecule has 0 bridgehead atoms. The Kier molecular flexibility index (Phi) is 6.66. The van der Waals surface area contributed by atoms with Crippen molar-refractivity contribution >= 4 is 40.6 Å². The Bertz CT molecular complexity index is 806. The first-order chi connectivity index (χ1) is 11.9. The minimum atomic E-state index is -0.791. The molecule has 1 aromatic carbocycles. The molecule has 5 nitrogen and oxygen atoms in total. The smallest absolute Gasteiger partial charge is 0.340 e. The molecule has 0 spiro atoms. The molecule has 0 unspecified atom stereocenters. The number of esters is 1. The predicted octanol–water partition coefficient (Wildman–Crippen LogP) is 3.26. The van der Waals surface area contributed by atoms with Crippen molar-refractivity contribution in [2.45, 2.75) is 13.3 Å². The van der Waals surface area contributed by atoms with Crippen LogP contribution in [-0.2, 0) is 16.0 Å². The number of halogens is 2. The molecule has 0 radical (unpaired) electrons. The molecule has 0 saturated carbocycles. The molecule has 2 aromatic rings. The minimum Gasteiger partial charge on any atom is -0.454 e. The van der Waals surface area contributed by atoms with Gasteiger partial charge in [0.2, 0.25) is 11.7 Å². The summed E-state index contributed by atoms with van der Waals surface area (Å²) >= 11 is 7.05. The second-order valence-corrected chi connectivity index (χ2v) is 6.70. The number of ether oxygens (including phenoxy) is 1. The Morgan fingerprint density at radius 3 is 2.68 bits per heavy atom. The fourth-order valence-electron chi connectivity index (χ4n) is 1.96. The highest BCUT2D eigenvalue weighted by atomic mass is 35.5. The van der Waals surface area contributed by atoms with Gasteiger partial charge in [-0.15, -0.1) is 11.3 Å². The van der Waals surface area contributed by atoms with E-state index in [0.717, 1.165) is 17.0 Å². The summed E-state index contributed by atoms with van der Waals surface area (Å²) in [7, 11) is 0. The summed E-state index contributed by atoms with van der Waals surface area (Å²) in [5.74, 6) is -1.81. The number of carbonyl (C=O) groups is 3. The van der Waals surface area contributed by atoms with Crippen molar-refractivity contribution in [3.8, 4) is 0 Å². The third-order valence-electron chi connectivity index (χ3n) is 3.17. The first-order valence-electron chi connectivity index (χ1n) is 7.35. The maximum atomic E-state index is 13.0. The molecule has 0 saturated heterocycles. The molecule has 1 heterocycles. The summed E-state index contributed by atoms with van der Waals surface area (Å²) in [5.41, 5.74) is -0.00181. The molecule has 0 fully saturated rings. The first-order valence-corrected chi connectivity index (χ1v) is 8.55. The van der Waals surface area contributed by atoms with Crippen LogP contribution in [0.4, 0.5) is 4.39 Å². The number of rotatable bonds is 7. The average molecular weight is 384 g/mol. The second kappa shape index (κ2) is 8.73. The van der Waals surface area contributed by atoms with Crippen LogP contribution in [-0.4, -0.2) is 30.8 Å². The zero-order valence-corrected chi connectivity index (χ0v) is 14.9. The SMILES string of the molecule is CC(=O)NCCc1ccc(C(=O)COC(=O)c2ccc(F)cc2Cl)s1. The van der Waals surface area contributed by atoms with Gasteiger partial charge in [-0.1, -0.05) is 11.6 Å². The highest BCUT2D eigenvalue weighted by molar-refractivity contribution is 7.14. The molecule has 25 heavy (non-hydrogen) atoms. The number of ketones is 1. The van der Waals surface area contributed by atoms with Crippen molar-refractivity contribution in [1.82, 2.24) is 5.32 Å². The van der Waals surface area contributed by atoms with E-state index in [1.165, 1.54) is 24.3 Å². The van der Waals surface area contributed by atoms with Crippen LogP contribution in [0.5, 0.6) is 0 Å². The second-order valence-electron chi connectivity index (χ2n) is 5.12. The first kappa shape index (κ1) is 19.1.